The fourth-order valence-electron chi connectivity index (χ4n) is 1.04. The van der Waals surface area contributed by atoms with Crippen LogP contribution >= 0.6 is 0 Å². The topological polar surface area (TPSA) is 25.8 Å². The molecule has 0 bridgehead atoms. The predicted molar refractivity (Wildman–Crippen MR) is 44.1 cm³/mol. The van der Waals surface area contributed by atoms with Crippen LogP contribution in [0.5, 0.6) is 5.75 Å². The third-order valence-corrected chi connectivity index (χ3v) is 1.51. The highest BCUT2D eigenvalue weighted by Crippen LogP contribution is 2.22. The number of quaternary nitrogens is 1. The highest BCUT2D eigenvalue weighted by molar-refractivity contribution is 5.28. The molecular formula is C9H10F3NO. The largest absolute Gasteiger partial charge is 0.573 e. The van der Waals surface area contributed by atoms with Gasteiger partial charge in [0, 0.05) is 5.56 Å². The maximum Gasteiger partial charge on any atom is 0.573 e. The number of hydrogen-bond acceptors (Lipinski definition) is 1. The quantitative estimate of drug-likeness (QED) is 0.742. The third-order valence-electron chi connectivity index (χ3n) is 1.51. The molecule has 1 aromatic carbocycles. The van der Waals surface area contributed by atoms with E-state index in [0.717, 1.165) is 5.56 Å². The summed E-state index contributed by atoms with van der Waals surface area (Å²) in [6, 6.07) is 5.83. The van der Waals surface area contributed by atoms with Gasteiger partial charge in [-0.1, -0.05) is 12.1 Å². The van der Waals surface area contributed by atoms with E-state index in [0.29, 0.717) is 6.54 Å². The zero-order chi connectivity index (χ0) is 10.6. The standard InChI is InChI=1S/C9H10F3NO/c1-13-6-7-3-2-4-8(5-7)14-9(10,11)12/h2-5H,1,6,13H2. The van der Waals surface area contributed by atoms with Crippen LogP contribution in [0.1, 0.15) is 5.56 Å². The Bertz CT molecular complexity index is 298. The van der Waals surface area contributed by atoms with Crippen LogP contribution in [0.15, 0.2) is 24.3 Å². The Labute approximate surface area is 79.7 Å². The number of nitrogens with two attached hydrogens (primary N) is 1. The summed E-state index contributed by atoms with van der Waals surface area (Å²) in [6.07, 6.45) is -4.63. The molecule has 0 spiro atoms. The second kappa shape index (κ2) is 4.32. The Morgan fingerprint density at radius 1 is 1.36 bits per heavy atom. The average Bonchev–Trinajstić information content (AvgIpc) is 2.02. The van der Waals surface area contributed by atoms with E-state index in [-0.39, 0.29) is 5.75 Å². The van der Waals surface area contributed by atoms with Crippen LogP contribution in [0.3, 0.4) is 0 Å². The molecule has 0 saturated heterocycles. The van der Waals surface area contributed by atoms with Crippen molar-refractivity contribution in [2.45, 2.75) is 12.9 Å². The normalized spacial score (nSPS) is 11.4. The zero-order valence-corrected chi connectivity index (χ0v) is 7.34. The Balaban J connectivity index is 2.73. The summed E-state index contributed by atoms with van der Waals surface area (Å²) in [6.45, 7) is 0.523. The molecule has 0 radical (unpaired) electrons. The van der Waals surface area contributed by atoms with E-state index in [1.807, 2.05) is 0 Å². The monoisotopic (exact) mass is 205 g/mol. The van der Waals surface area contributed by atoms with Crippen molar-refractivity contribution in [2.75, 3.05) is 0 Å². The summed E-state index contributed by atoms with van der Waals surface area (Å²) in [5.74, 6) is -0.197. The number of benzene rings is 1. The third kappa shape index (κ3) is 3.66. The molecule has 0 amide bonds. The van der Waals surface area contributed by atoms with Crippen molar-refractivity contribution < 1.29 is 23.2 Å². The minimum atomic E-state index is -4.63. The number of alkyl halides is 3. The number of ether oxygens (including phenoxy) is 1. The van der Waals surface area contributed by atoms with Gasteiger partial charge in [-0.05, 0) is 12.1 Å². The first-order valence-corrected chi connectivity index (χ1v) is 3.97. The molecule has 0 atom stereocenters. The van der Waals surface area contributed by atoms with Crippen LogP contribution in [-0.4, -0.2) is 6.36 Å². The fraction of sp³-hybridized carbons (Fsp3) is 0.222. The van der Waals surface area contributed by atoms with Crippen LogP contribution < -0.4 is 10.1 Å². The molecule has 2 N–H and O–H groups in total. The highest BCUT2D eigenvalue weighted by atomic mass is 19.4. The van der Waals surface area contributed by atoms with Crippen molar-refractivity contribution in [3.05, 3.63) is 36.9 Å². The van der Waals surface area contributed by atoms with Crippen molar-refractivity contribution in [3.8, 4) is 5.75 Å². The Hall–Kier alpha value is -1.23. The summed E-state index contributed by atoms with van der Waals surface area (Å²) < 4.78 is 39.2. The average molecular weight is 205 g/mol. The van der Waals surface area contributed by atoms with Crippen LogP contribution in [0, 0.1) is 7.05 Å². The smallest absolute Gasteiger partial charge is 0.475 e. The zero-order valence-electron chi connectivity index (χ0n) is 7.34. The molecule has 1 rings (SSSR count). The Morgan fingerprint density at radius 2 is 2.07 bits per heavy atom. The molecule has 1 aromatic rings. The van der Waals surface area contributed by atoms with Gasteiger partial charge in [0.05, 0.1) is 6.54 Å². The first kappa shape index (κ1) is 10.8. The maximum atomic E-state index is 11.8. The molecule has 0 heterocycles. The molecule has 0 fully saturated rings. The summed E-state index contributed by atoms with van der Waals surface area (Å²) >= 11 is 0. The Kier molecular flexibility index (Phi) is 3.35. The molecule has 0 aliphatic carbocycles. The molecule has 0 unspecified atom stereocenters. The predicted octanol–water partition coefficient (Wildman–Crippen LogP) is 1.44. The maximum absolute atomic E-state index is 11.8. The molecule has 0 aliphatic rings. The number of hydrogen-bond donors (Lipinski definition) is 1. The van der Waals surface area contributed by atoms with E-state index in [2.05, 4.69) is 11.8 Å². The fourth-order valence-corrected chi connectivity index (χ4v) is 1.04. The van der Waals surface area contributed by atoms with Crippen LogP contribution in [-0.2, 0) is 6.54 Å². The summed E-state index contributed by atoms with van der Waals surface area (Å²) in [7, 11) is 3.50. The van der Waals surface area contributed by atoms with Gasteiger partial charge in [0.1, 0.15) is 5.75 Å². The van der Waals surface area contributed by atoms with Gasteiger partial charge in [-0.2, -0.15) is 7.05 Å². The van der Waals surface area contributed by atoms with Gasteiger partial charge >= 0.3 is 6.36 Å². The van der Waals surface area contributed by atoms with Gasteiger partial charge < -0.3 is 10.1 Å². The van der Waals surface area contributed by atoms with Gasteiger partial charge in [0.15, 0.2) is 0 Å². The van der Waals surface area contributed by atoms with Gasteiger partial charge in [-0.15, -0.1) is 13.2 Å². The van der Waals surface area contributed by atoms with Crippen molar-refractivity contribution in [3.63, 3.8) is 0 Å². The Morgan fingerprint density at radius 3 is 2.64 bits per heavy atom. The molecule has 78 valence electrons. The molecule has 5 heteroatoms. The summed E-state index contributed by atoms with van der Waals surface area (Å²) in [5.41, 5.74) is 0.738. The van der Waals surface area contributed by atoms with Crippen molar-refractivity contribution in [1.82, 2.24) is 0 Å². The van der Waals surface area contributed by atoms with E-state index < -0.39 is 6.36 Å². The molecule has 14 heavy (non-hydrogen) atoms. The second-order valence-electron chi connectivity index (χ2n) is 2.69. The molecule has 0 aromatic heterocycles. The van der Waals surface area contributed by atoms with E-state index >= 15 is 0 Å². The van der Waals surface area contributed by atoms with Gasteiger partial charge in [0.25, 0.3) is 0 Å². The molecule has 0 saturated carbocycles. The summed E-state index contributed by atoms with van der Waals surface area (Å²) in [4.78, 5) is 0. The highest BCUT2D eigenvalue weighted by Gasteiger charge is 2.31. The van der Waals surface area contributed by atoms with Crippen LogP contribution in [0.25, 0.3) is 0 Å². The van der Waals surface area contributed by atoms with E-state index in [1.54, 1.807) is 11.4 Å². The summed E-state index contributed by atoms with van der Waals surface area (Å²) in [5, 5.41) is 1.62. The second-order valence-corrected chi connectivity index (χ2v) is 2.69. The first-order chi connectivity index (χ1) is 6.51. The van der Waals surface area contributed by atoms with E-state index in [9.17, 15) is 13.2 Å². The van der Waals surface area contributed by atoms with Crippen LogP contribution in [0.4, 0.5) is 13.2 Å². The van der Waals surface area contributed by atoms with Crippen molar-refractivity contribution in [1.29, 1.82) is 0 Å². The first-order valence-electron chi connectivity index (χ1n) is 3.97. The molecule has 2 nitrogen and oxygen atoms in total. The minimum absolute atomic E-state index is 0.197. The van der Waals surface area contributed by atoms with Gasteiger partial charge in [-0.3, -0.25) is 0 Å². The van der Waals surface area contributed by atoms with E-state index in [4.69, 9.17) is 0 Å². The van der Waals surface area contributed by atoms with Crippen molar-refractivity contribution >= 4 is 0 Å². The number of halogens is 3. The van der Waals surface area contributed by atoms with Crippen LogP contribution in [0.2, 0.25) is 0 Å². The lowest BCUT2D eigenvalue weighted by atomic mass is 10.2. The lowest BCUT2D eigenvalue weighted by Gasteiger charge is -2.09. The lowest BCUT2D eigenvalue weighted by molar-refractivity contribution is -0.612. The van der Waals surface area contributed by atoms with Gasteiger partial charge in [-0.25, -0.2) is 0 Å². The van der Waals surface area contributed by atoms with Crippen molar-refractivity contribution in [2.24, 2.45) is 0 Å². The van der Waals surface area contributed by atoms with E-state index in [1.165, 1.54) is 18.2 Å². The molecular weight excluding hydrogens is 195 g/mol. The molecule has 0 aliphatic heterocycles. The minimum Gasteiger partial charge on any atom is -0.475 e. The lowest BCUT2D eigenvalue weighted by Crippen LogP contribution is -2.74. The van der Waals surface area contributed by atoms with Gasteiger partial charge in [0.2, 0.25) is 0 Å². The number of rotatable bonds is 3. The SMILES string of the molecule is [CH2-][NH2+]Cc1cccc(OC(F)(F)F)c1.